The Morgan fingerprint density at radius 1 is 1.33 bits per heavy atom. The highest BCUT2D eigenvalue weighted by Gasteiger charge is 2.33. The number of rotatable bonds is 6. The van der Waals surface area contributed by atoms with Gasteiger partial charge in [-0.2, -0.15) is 0 Å². The Morgan fingerprint density at radius 3 is 2.56 bits per heavy atom. The van der Waals surface area contributed by atoms with Crippen molar-refractivity contribution in [3.05, 3.63) is 0 Å². The molecule has 0 aromatic rings. The van der Waals surface area contributed by atoms with Gasteiger partial charge in [-0.25, -0.2) is 0 Å². The molecule has 1 rings (SSSR count). The van der Waals surface area contributed by atoms with Crippen molar-refractivity contribution < 1.29 is 24.2 Å². The van der Waals surface area contributed by atoms with E-state index >= 15 is 0 Å². The largest absolute Gasteiger partial charge is 0.466 e. The predicted octanol–water partition coefficient (Wildman–Crippen LogP) is -0.0126. The van der Waals surface area contributed by atoms with Gasteiger partial charge in [0.05, 0.1) is 25.2 Å². The minimum absolute atomic E-state index is 0.0671. The van der Waals surface area contributed by atoms with E-state index in [-0.39, 0.29) is 31.3 Å². The Kier molecular flexibility index (Phi) is 6.07. The standard InChI is InChI=1S/C12H21NO5/c1-2-18-11(16)4-3-10(15)13-12(9-14)5-7-17-8-6-12/h14H,2-9H2,1H3,(H,13,15). The zero-order valence-electron chi connectivity index (χ0n) is 10.7. The van der Waals surface area contributed by atoms with Crippen molar-refractivity contribution >= 4 is 11.9 Å². The van der Waals surface area contributed by atoms with Crippen LogP contribution in [0.25, 0.3) is 0 Å². The molecule has 1 aliphatic heterocycles. The lowest BCUT2D eigenvalue weighted by molar-refractivity contribution is -0.144. The number of hydrogen-bond acceptors (Lipinski definition) is 5. The fraction of sp³-hybridized carbons (Fsp3) is 0.833. The van der Waals surface area contributed by atoms with Crippen molar-refractivity contribution in [2.75, 3.05) is 26.4 Å². The van der Waals surface area contributed by atoms with Crippen molar-refractivity contribution in [1.29, 1.82) is 0 Å². The smallest absolute Gasteiger partial charge is 0.306 e. The molecule has 1 amide bonds. The van der Waals surface area contributed by atoms with E-state index in [4.69, 9.17) is 9.47 Å². The molecule has 0 bridgehead atoms. The lowest BCUT2D eigenvalue weighted by Gasteiger charge is -2.36. The quantitative estimate of drug-likeness (QED) is 0.655. The summed E-state index contributed by atoms with van der Waals surface area (Å²) in [5.41, 5.74) is -0.593. The van der Waals surface area contributed by atoms with E-state index in [0.29, 0.717) is 32.7 Å². The first-order valence-electron chi connectivity index (χ1n) is 6.27. The molecule has 104 valence electrons. The van der Waals surface area contributed by atoms with Crippen LogP contribution in [0.15, 0.2) is 0 Å². The molecule has 0 saturated carbocycles. The fourth-order valence-corrected chi connectivity index (χ4v) is 1.89. The first-order valence-corrected chi connectivity index (χ1v) is 6.27. The molecule has 0 unspecified atom stereocenters. The molecule has 0 aliphatic carbocycles. The van der Waals surface area contributed by atoms with E-state index in [2.05, 4.69) is 5.32 Å². The number of aliphatic hydroxyl groups excluding tert-OH is 1. The Hall–Kier alpha value is -1.14. The number of ether oxygens (including phenoxy) is 2. The van der Waals surface area contributed by atoms with Gasteiger partial charge in [0.2, 0.25) is 5.91 Å². The van der Waals surface area contributed by atoms with Crippen molar-refractivity contribution in [1.82, 2.24) is 5.32 Å². The molecule has 1 fully saturated rings. The van der Waals surface area contributed by atoms with E-state index in [0.717, 1.165) is 0 Å². The summed E-state index contributed by atoms with van der Waals surface area (Å²) in [4.78, 5) is 22.8. The van der Waals surface area contributed by atoms with Gasteiger partial charge in [-0.05, 0) is 19.8 Å². The van der Waals surface area contributed by atoms with Crippen LogP contribution in [0.1, 0.15) is 32.6 Å². The fourth-order valence-electron chi connectivity index (χ4n) is 1.89. The molecule has 0 atom stereocenters. The molecule has 1 saturated heterocycles. The van der Waals surface area contributed by atoms with Gasteiger partial charge in [0.1, 0.15) is 0 Å². The molecule has 6 nitrogen and oxygen atoms in total. The third-order valence-corrected chi connectivity index (χ3v) is 3.02. The monoisotopic (exact) mass is 259 g/mol. The number of hydrogen-bond donors (Lipinski definition) is 2. The second-order valence-corrected chi connectivity index (χ2v) is 4.40. The highest BCUT2D eigenvalue weighted by molar-refractivity contribution is 5.81. The number of aliphatic hydroxyl groups is 1. The van der Waals surface area contributed by atoms with Crippen LogP contribution in [0.3, 0.4) is 0 Å². The molecule has 1 heterocycles. The van der Waals surface area contributed by atoms with E-state index in [1.54, 1.807) is 6.92 Å². The van der Waals surface area contributed by atoms with Gasteiger partial charge < -0.3 is 19.9 Å². The van der Waals surface area contributed by atoms with Gasteiger partial charge in [-0.15, -0.1) is 0 Å². The Bertz CT molecular complexity index is 286. The molecule has 0 aromatic heterocycles. The molecule has 0 aromatic carbocycles. The van der Waals surface area contributed by atoms with Gasteiger partial charge in [0, 0.05) is 19.6 Å². The van der Waals surface area contributed by atoms with E-state index in [9.17, 15) is 14.7 Å². The topological polar surface area (TPSA) is 84.9 Å². The van der Waals surface area contributed by atoms with Gasteiger partial charge >= 0.3 is 5.97 Å². The van der Waals surface area contributed by atoms with Gasteiger partial charge in [-0.3, -0.25) is 9.59 Å². The average molecular weight is 259 g/mol. The maximum atomic E-state index is 11.7. The van der Waals surface area contributed by atoms with E-state index in [1.165, 1.54) is 0 Å². The minimum atomic E-state index is -0.593. The number of nitrogens with one attached hydrogen (secondary N) is 1. The first kappa shape index (κ1) is 14.9. The Morgan fingerprint density at radius 2 is 2.00 bits per heavy atom. The zero-order chi connectivity index (χ0) is 13.4. The van der Waals surface area contributed by atoms with Gasteiger partial charge in [0.15, 0.2) is 0 Å². The van der Waals surface area contributed by atoms with Crippen LogP contribution < -0.4 is 5.32 Å². The van der Waals surface area contributed by atoms with Crippen molar-refractivity contribution in [3.8, 4) is 0 Å². The number of carbonyl (C=O) groups excluding carboxylic acids is 2. The second kappa shape index (κ2) is 7.33. The number of esters is 1. The van der Waals surface area contributed by atoms with Crippen molar-refractivity contribution in [3.63, 3.8) is 0 Å². The summed E-state index contributed by atoms with van der Waals surface area (Å²) < 4.78 is 9.95. The molecule has 2 N–H and O–H groups in total. The summed E-state index contributed by atoms with van der Waals surface area (Å²) in [7, 11) is 0. The zero-order valence-corrected chi connectivity index (χ0v) is 10.7. The molecule has 0 spiro atoms. The molecular formula is C12H21NO5. The Labute approximate surface area is 107 Å². The minimum Gasteiger partial charge on any atom is -0.466 e. The maximum Gasteiger partial charge on any atom is 0.306 e. The first-order chi connectivity index (χ1) is 8.62. The molecule has 6 heteroatoms. The van der Waals surface area contributed by atoms with E-state index < -0.39 is 5.54 Å². The van der Waals surface area contributed by atoms with Crippen LogP contribution in [0.4, 0.5) is 0 Å². The van der Waals surface area contributed by atoms with Crippen LogP contribution in [0.5, 0.6) is 0 Å². The van der Waals surface area contributed by atoms with Crippen LogP contribution in [-0.2, 0) is 19.1 Å². The summed E-state index contributed by atoms with van der Waals surface area (Å²) in [5.74, 6) is -0.614. The predicted molar refractivity (Wildman–Crippen MR) is 63.9 cm³/mol. The SMILES string of the molecule is CCOC(=O)CCC(=O)NC1(CO)CCOCC1. The molecular weight excluding hydrogens is 238 g/mol. The van der Waals surface area contributed by atoms with Crippen LogP contribution >= 0.6 is 0 Å². The number of carbonyl (C=O) groups is 2. The third-order valence-electron chi connectivity index (χ3n) is 3.02. The highest BCUT2D eigenvalue weighted by Crippen LogP contribution is 2.20. The normalized spacial score (nSPS) is 18.1. The van der Waals surface area contributed by atoms with Gasteiger partial charge in [0.25, 0.3) is 0 Å². The average Bonchev–Trinajstić information content (AvgIpc) is 2.38. The van der Waals surface area contributed by atoms with Crippen LogP contribution in [0.2, 0.25) is 0 Å². The lowest BCUT2D eigenvalue weighted by Crippen LogP contribution is -2.54. The molecule has 18 heavy (non-hydrogen) atoms. The summed E-state index contributed by atoms with van der Waals surface area (Å²) in [6, 6.07) is 0. The van der Waals surface area contributed by atoms with Crippen LogP contribution in [0, 0.1) is 0 Å². The lowest BCUT2D eigenvalue weighted by atomic mass is 9.91. The number of amides is 1. The third kappa shape index (κ3) is 4.62. The van der Waals surface area contributed by atoms with Crippen molar-refractivity contribution in [2.24, 2.45) is 0 Å². The Balaban J connectivity index is 2.35. The maximum absolute atomic E-state index is 11.7. The highest BCUT2D eigenvalue weighted by atomic mass is 16.5. The second-order valence-electron chi connectivity index (χ2n) is 4.40. The van der Waals surface area contributed by atoms with Gasteiger partial charge in [-0.1, -0.05) is 0 Å². The van der Waals surface area contributed by atoms with Crippen LogP contribution in [-0.4, -0.2) is 48.9 Å². The van der Waals surface area contributed by atoms with Crippen molar-refractivity contribution in [2.45, 2.75) is 38.1 Å². The van der Waals surface area contributed by atoms with E-state index in [1.807, 2.05) is 0 Å². The summed E-state index contributed by atoms with van der Waals surface area (Å²) >= 11 is 0. The molecule has 1 aliphatic rings. The molecule has 0 radical (unpaired) electrons. The summed E-state index contributed by atoms with van der Waals surface area (Å²) in [5, 5.41) is 12.2. The summed E-state index contributed by atoms with van der Waals surface area (Å²) in [6.45, 7) is 2.98. The summed E-state index contributed by atoms with van der Waals surface area (Å²) in [6.07, 6.45) is 1.34.